The third-order valence-corrected chi connectivity index (χ3v) is 13.1. The van der Waals surface area contributed by atoms with Crippen LogP contribution in [-0.2, 0) is 38.8 Å². The number of ether oxygens (including phenoxy) is 7. The van der Waals surface area contributed by atoms with Crippen LogP contribution in [0, 0.1) is 24.7 Å². The predicted octanol–water partition coefficient (Wildman–Crippen LogP) is 8.82. The van der Waals surface area contributed by atoms with E-state index in [1.165, 1.54) is 7.11 Å². The third-order valence-electron chi connectivity index (χ3n) is 13.1. The van der Waals surface area contributed by atoms with Gasteiger partial charge in [0.25, 0.3) is 0 Å². The minimum Gasteiger partial charge on any atom is -0.487 e. The molecule has 0 saturated heterocycles. The molecule has 14 heteroatoms. The van der Waals surface area contributed by atoms with Crippen LogP contribution in [0.3, 0.4) is 0 Å². The van der Waals surface area contributed by atoms with Gasteiger partial charge in [0.2, 0.25) is 12.6 Å². The first-order chi connectivity index (χ1) is 32.8. The summed E-state index contributed by atoms with van der Waals surface area (Å²) < 4.78 is 44.5. The van der Waals surface area contributed by atoms with Crippen molar-refractivity contribution >= 4 is 11.8 Å². The van der Waals surface area contributed by atoms with E-state index in [2.05, 4.69) is 23.7 Å². The molecular formula is C53H63N3O11. The van der Waals surface area contributed by atoms with Crippen LogP contribution in [0.2, 0.25) is 0 Å². The van der Waals surface area contributed by atoms with E-state index in [1.807, 2.05) is 85.8 Å². The lowest BCUT2D eigenvalue weighted by Crippen LogP contribution is -2.70. The van der Waals surface area contributed by atoms with Crippen molar-refractivity contribution in [2.75, 3.05) is 46.9 Å². The molecule has 3 heterocycles. The summed E-state index contributed by atoms with van der Waals surface area (Å²) in [6, 6.07) is 26.4. The Balaban J connectivity index is 1.24. The van der Waals surface area contributed by atoms with Crippen LogP contribution in [0.5, 0.6) is 23.0 Å². The Hall–Kier alpha value is -5.93. The minimum absolute atomic E-state index is 0.000245. The summed E-state index contributed by atoms with van der Waals surface area (Å²) in [5.74, 6) is 0.306. The zero-order chi connectivity index (χ0) is 46.6. The number of pyridine rings is 1. The number of hydrogen-bond donors (Lipinski definition) is 2. The van der Waals surface area contributed by atoms with Gasteiger partial charge in [-0.15, -0.1) is 6.58 Å². The van der Waals surface area contributed by atoms with Gasteiger partial charge >= 0.3 is 6.09 Å². The third kappa shape index (κ3) is 10.9. The first-order valence-electron chi connectivity index (χ1n) is 23.5. The molecule has 0 unspecified atom stereocenters. The Morgan fingerprint density at radius 2 is 1.72 bits per heavy atom. The first-order valence-corrected chi connectivity index (χ1v) is 23.5. The van der Waals surface area contributed by atoms with Crippen LogP contribution >= 0.6 is 0 Å². The topological polar surface area (TPSA) is 160 Å². The van der Waals surface area contributed by atoms with Gasteiger partial charge in [-0.05, 0) is 104 Å². The SMILES string of the molecule is C=CCO[C@@]12Oc3ccc(OCc4cccc(C)n4)cc3[C@H]3[C@H](CCCCO)[C@@H](CCCCO)C=C(C(=NOC)C[C@@H]1N(Cc1ccc4c(c1)OCO4)C(=O)OCCOCc1ccccc1)[C@H]32. The molecule has 356 valence electrons. The largest absolute Gasteiger partial charge is 0.487 e. The van der Waals surface area contributed by atoms with Crippen molar-refractivity contribution in [1.82, 2.24) is 9.88 Å². The van der Waals surface area contributed by atoms with E-state index in [0.717, 1.165) is 59.3 Å². The Morgan fingerprint density at radius 3 is 2.51 bits per heavy atom. The van der Waals surface area contributed by atoms with Crippen LogP contribution in [-0.4, -0.2) is 90.7 Å². The maximum atomic E-state index is 15.0. The molecule has 2 N–H and O–H groups in total. The molecule has 0 radical (unpaired) electrons. The van der Waals surface area contributed by atoms with Crippen molar-refractivity contribution in [1.29, 1.82) is 0 Å². The van der Waals surface area contributed by atoms with E-state index in [9.17, 15) is 15.0 Å². The van der Waals surface area contributed by atoms with Gasteiger partial charge < -0.3 is 48.2 Å². The smallest absolute Gasteiger partial charge is 0.410 e. The molecule has 4 aromatic rings. The van der Waals surface area contributed by atoms with Crippen LogP contribution in [0.25, 0.3) is 0 Å². The number of carbonyl (C=O) groups is 1. The molecule has 1 saturated carbocycles. The summed E-state index contributed by atoms with van der Waals surface area (Å²) >= 11 is 0. The van der Waals surface area contributed by atoms with Gasteiger partial charge in [-0.25, -0.2) is 4.79 Å². The van der Waals surface area contributed by atoms with E-state index in [-0.39, 0.29) is 77.2 Å². The highest BCUT2D eigenvalue weighted by molar-refractivity contribution is 6.03. The molecule has 1 amide bonds. The number of hydrogen-bond acceptors (Lipinski definition) is 13. The molecule has 0 bridgehead atoms. The Labute approximate surface area is 393 Å². The van der Waals surface area contributed by atoms with Crippen LogP contribution in [0.1, 0.15) is 78.9 Å². The maximum absolute atomic E-state index is 15.0. The minimum atomic E-state index is -1.50. The molecule has 6 atom stereocenters. The molecule has 2 aliphatic heterocycles. The van der Waals surface area contributed by atoms with Gasteiger partial charge in [0.05, 0.1) is 37.1 Å². The fourth-order valence-electron chi connectivity index (χ4n) is 10.3. The summed E-state index contributed by atoms with van der Waals surface area (Å²) in [5, 5.41) is 24.7. The number of unbranched alkanes of at least 4 members (excludes halogenated alkanes) is 2. The number of fused-ring (bicyclic) bond motifs is 3. The van der Waals surface area contributed by atoms with Crippen molar-refractivity contribution in [2.24, 2.45) is 22.9 Å². The second-order valence-corrected chi connectivity index (χ2v) is 17.5. The Kier molecular flexibility index (Phi) is 16.1. The van der Waals surface area contributed by atoms with Gasteiger partial charge in [-0.3, -0.25) is 9.88 Å². The van der Waals surface area contributed by atoms with Crippen molar-refractivity contribution < 1.29 is 53.0 Å². The lowest BCUT2D eigenvalue weighted by Gasteiger charge is -2.59. The number of aromatic nitrogens is 1. The molecule has 0 spiro atoms. The van der Waals surface area contributed by atoms with Gasteiger partial charge in [0.1, 0.15) is 37.9 Å². The summed E-state index contributed by atoms with van der Waals surface area (Å²) in [5.41, 5.74) is 6.05. The molecule has 8 rings (SSSR count). The van der Waals surface area contributed by atoms with Crippen molar-refractivity contribution in [2.45, 2.75) is 89.4 Å². The van der Waals surface area contributed by atoms with Gasteiger partial charge in [-0.1, -0.05) is 72.6 Å². The Morgan fingerprint density at radius 1 is 0.910 bits per heavy atom. The first kappa shape index (κ1) is 47.6. The number of allylic oxidation sites excluding steroid dienone is 1. The normalized spacial score (nSPS) is 22.8. The van der Waals surface area contributed by atoms with Gasteiger partial charge in [0, 0.05) is 43.4 Å². The molecule has 3 aromatic carbocycles. The quantitative estimate of drug-likeness (QED) is 0.0414. The number of oxime groups is 1. The highest BCUT2D eigenvalue weighted by Crippen LogP contribution is 2.62. The molecular weight excluding hydrogens is 855 g/mol. The van der Waals surface area contributed by atoms with Crippen LogP contribution in [0.4, 0.5) is 4.79 Å². The lowest BCUT2D eigenvalue weighted by atomic mass is 9.55. The summed E-state index contributed by atoms with van der Waals surface area (Å²) in [6.45, 7) is 7.33. The number of benzene rings is 3. The number of nitrogens with zero attached hydrogens (tertiary/aromatic N) is 3. The number of aryl methyl sites for hydroxylation is 1. The van der Waals surface area contributed by atoms with Crippen molar-refractivity contribution in [3.05, 3.63) is 137 Å². The number of aliphatic hydroxyl groups excluding tert-OH is 2. The number of carbonyl (C=O) groups excluding carboxylic acids is 1. The number of rotatable bonds is 23. The molecule has 2 aliphatic carbocycles. The van der Waals surface area contributed by atoms with Gasteiger partial charge in [0.15, 0.2) is 11.5 Å². The molecule has 1 fully saturated rings. The van der Waals surface area contributed by atoms with Gasteiger partial charge in [-0.2, -0.15) is 0 Å². The molecule has 67 heavy (non-hydrogen) atoms. The van der Waals surface area contributed by atoms with Crippen LogP contribution in [0.15, 0.2) is 114 Å². The highest BCUT2D eigenvalue weighted by Gasteiger charge is 2.65. The average Bonchev–Trinajstić information content (AvgIpc) is 3.82. The monoisotopic (exact) mass is 917 g/mol. The molecule has 4 aliphatic rings. The highest BCUT2D eigenvalue weighted by atomic mass is 16.7. The van der Waals surface area contributed by atoms with E-state index in [0.29, 0.717) is 48.2 Å². The van der Waals surface area contributed by atoms with Crippen LogP contribution < -0.4 is 18.9 Å². The summed E-state index contributed by atoms with van der Waals surface area (Å²) in [4.78, 5) is 27.0. The fraction of sp³-hybridized carbons (Fsp3) is 0.453. The summed E-state index contributed by atoms with van der Waals surface area (Å²) in [7, 11) is 1.53. The zero-order valence-corrected chi connectivity index (χ0v) is 38.6. The standard InChI is InChI=1S/C53H63N3O11/c1-4-25-66-53-49(56(32-38-19-21-47-48(28-38)65-35-64-47)52(59)62-27-26-61-33-37-14-6-5-7-15-37)31-45(55-60-3)43-29-39(16-8-10-23-57)42(18-9-11-24-58)50(51(43)53)44-30-41(20-22-46(44)67-53)63-34-40-17-12-13-36(2)54-40/h4-7,12-15,17,19-22,28-30,39,42,49-51,57-58H,1,8-11,16,18,23-27,31-35H2,2-3H3/t39-,42+,49-,50+,51+,53+/m0/s1. The fourth-order valence-corrected chi connectivity index (χ4v) is 10.3. The van der Waals surface area contributed by atoms with E-state index < -0.39 is 23.8 Å². The number of amides is 1. The van der Waals surface area contributed by atoms with E-state index in [1.54, 1.807) is 11.0 Å². The van der Waals surface area contributed by atoms with E-state index in [4.69, 9.17) is 43.2 Å². The maximum Gasteiger partial charge on any atom is 0.410 e. The average molecular weight is 918 g/mol. The predicted molar refractivity (Wildman–Crippen MR) is 251 cm³/mol. The lowest BCUT2D eigenvalue weighted by molar-refractivity contribution is -0.256. The van der Waals surface area contributed by atoms with Crippen molar-refractivity contribution in [3.63, 3.8) is 0 Å². The molecule has 1 aromatic heterocycles. The summed E-state index contributed by atoms with van der Waals surface area (Å²) in [6.07, 6.45) is 8.14. The second kappa shape index (κ2) is 22.7. The number of aliphatic hydroxyl groups is 2. The second-order valence-electron chi connectivity index (χ2n) is 17.5. The zero-order valence-electron chi connectivity index (χ0n) is 38.6. The van der Waals surface area contributed by atoms with E-state index >= 15 is 0 Å². The molecule has 14 nitrogen and oxygen atoms in total. The Bertz CT molecular complexity index is 2360. The van der Waals surface area contributed by atoms with Crippen molar-refractivity contribution in [3.8, 4) is 23.0 Å².